The number of nitrogens with one attached hydrogen (secondary N) is 1. The van der Waals surface area contributed by atoms with Crippen LogP contribution in [0.3, 0.4) is 0 Å². The first-order valence-electron chi connectivity index (χ1n) is 12.0. The second-order valence-corrected chi connectivity index (χ2v) is 9.59. The molecule has 1 saturated heterocycles. The number of piperidine rings is 1. The zero-order chi connectivity index (χ0) is 23.4. The minimum absolute atomic E-state index is 0.0943. The number of carbonyl (C=O) groups is 3. The van der Waals surface area contributed by atoms with E-state index in [1.54, 1.807) is 0 Å². The van der Waals surface area contributed by atoms with Crippen LogP contribution in [0.15, 0.2) is 24.3 Å². The molecule has 0 aromatic heterocycles. The fourth-order valence-corrected chi connectivity index (χ4v) is 3.82. The van der Waals surface area contributed by atoms with Gasteiger partial charge in [0.25, 0.3) is 0 Å². The fourth-order valence-electron chi connectivity index (χ4n) is 3.82. The number of amides is 2. The molecule has 0 aliphatic carbocycles. The van der Waals surface area contributed by atoms with Crippen molar-refractivity contribution in [3.63, 3.8) is 0 Å². The molecule has 178 valence electrons. The van der Waals surface area contributed by atoms with E-state index in [1.165, 1.54) is 25.7 Å². The first-order chi connectivity index (χ1) is 15.2. The minimum Gasteiger partial charge on any atom is -0.494 e. The fraction of sp³-hybridized carbons (Fsp3) is 0.654. The van der Waals surface area contributed by atoms with Gasteiger partial charge in [0.15, 0.2) is 0 Å². The number of rotatable bonds is 13. The molecule has 1 atom stereocenters. The second kappa shape index (κ2) is 13.2. The van der Waals surface area contributed by atoms with E-state index in [1.807, 2.05) is 45.0 Å². The van der Waals surface area contributed by atoms with E-state index >= 15 is 0 Å². The summed E-state index contributed by atoms with van der Waals surface area (Å²) in [7, 11) is 0. The summed E-state index contributed by atoms with van der Waals surface area (Å²) in [6.45, 7) is 6.38. The molecular formula is C26H39NO5. The summed E-state index contributed by atoms with van der Waals surface area (Å²) in [6.07, 6.45) is 10.4. The molecule has 1 heterocycles. The third-order valence-corrected chi connectivity index (χ3v) is 5.49. The van der Waals surface area contributed by atoms with Crippen LogP contribution in [-0.4, -0.2) is 30.0 Å². The van der Waals surface area contributed by atoms with Gasteiger partial charge < -0.3 is 9.47 Å². The number of esters is 1. The lowest BCUT2D eigenvalue weighted by Gasteiger charge is -2.21. The summed E-state index contributed by atoms with van der Waals surface area (Å²) in [5, 5.41) is 2.40. The van der Waals surface area contributed by atoms with Gasteiger partial charge in [-0.1, -0.05) is 50.7 Å². The van der Waals surface area contributed by atoms with Crippen LogP contribution in [0.1, 0.15) is 103 Å². The van der Waals surface area contributed by atoms with Crippen molar-refractivity contribution >= 4 is 17.8 Å². The highest BCUT2D eigenvalue weighted by atomic mass is 16.6. The molecule has 1 aliphatic heterocycles. The summed E-state index contributed by atoms with van der Waals surface area (Å²) in [6, 6.07) is 7.63. The van der Waals surface area contributed by atoms with Crippen LogP contribution in [0.25, 0.3) is 0 Å². The van der Waals surface area contributed by atoms with E-state index in [-0.39, 0.29) is 29.3 Å². The van der Waals surface area contributed by atoms with Gasteiger partial charge in [0.05, 0.1) is 12.5 Å². The molecule has 2 amide bonds. The van der Waals surface area contributed by atoms with Gasteiger partial charge >= 0.3 is 5.97 Å². The molecule has 1 N–H and O–H groups in total. The van der Waals surface area contributed by atoms with Gasteiger partial charge in [0, 0.05) is 12.8 Å². The molecular weight excluding hydrogens is 406 g/mol. The number of hydrogen-bond donors (Lipinski definition) is 1. The average Bonchev–Trinajstić information content (AvgIpc) is 2.71. The smallest absolute Gasteiger partial charge is 0.306 e. The normalized spacial score (nSPS) is 16.5. The Labute approximate surface area is 192 Å². The Balaban J connectivity index is 1.46. The van der Waals surface area contributed by atoms with Crippen LogP contribution in [-0.2, 0) is 19.1 Å². The van der Waals surface area contributed by atoms with E-state index in [2.05, 4.69) is 5.32 Å². The monoisotopic (exact) mass is 445 g/mol. The van der Waals surface area contributed by atoms with Gasteiger partial charge in [-0.3, -0.25) is 19.7 Å². The van der Waals surface area contributed by atoms with Gasteiger partial charge in [-0.15, -0.1) is 0 Å². The van der Waals surface area contributed by atoms with Gasteiger partial charge in [-0.2, -0.15) is 0 Å². The van der Waals surface area contributed by atoms with Crippen LogP contribution in [0, 0.1) is 0 Å². The number of hydrogen-bond acceptors (Lipinski definition) is 5. The van der Waals surface area contributed by atoms with Crippen molar-refractivity contribution < 1.29 is 23.9 Å². The topological polar surface area (TPSA) is 81.7 Å². The maximum absolute atomic E-state index is 12.0. The van der Waals surface area contributed by atoms with Crippen molar-refractivity contribution in [1.29, 1.82) is 0 Å². The molecule has 6 nitrogen and oxygen atoms in total. The van der Waals surface area contributed by atoms with Crippen molar-refractivity contribution in [3.8, 4) is 5.75 Å². The highest BCUT2D eigenvalue weighted by Gasteiger charge is 2.27. The number of imide groups is 1. The highest BCUT2D eigenvalue weighted by molar-refractivity contribution is 6.00. The number of unbranched alkanes of at least 4 members (excludes halogenated alkanes) is 7. The summed E-state index contributed by atoms with van der Waals surface area (Å²) in [5.74, 6) is 0.0653. The lowest BCUT2D eigenvalue weighted by Crippen LogP contribution is -2.39. The first kappa shape index (κ1) is 25.9. The Bertz CT molecular complexity index is 736. The summed E-state index contributed by atoms with van der Waals surface area (Å²) < 4.78 is 11.1. The zero-order valence-corrected chi connectivity index (χ0v) is 19.9. The van der Waals surface area contributed by atoms with Crippen LogP contribution in [0.5, 0.6) is 5.75 Å². The van der Waals surface area contributed by atoms with Gasteiger partial charge in [-0.05, 0) is 57.7 Å². The predicted molar refractivity (Wildman–Crippen MR) is 124 cm³/mol. The highest BCUT2D eigenvalue weighted by Crippen LogP contribution is 2.26. The molecule has 0 radical (unpaired) electrons. The van der Waals surface area contributed by atoms with Crippen molar-refractivity contribution in [2.45, 2.75) is 103 Å². The van der Waals surface area contributed by atoms with Crippen LogP contribution >= 0.6 is 0 Å². The van der Waals surface area contributed by atoms with Gasteiger partial charge in [0.2, 0.25) is 11.8 Å². The molecule has 32 heavy (non-hydrogen) atoms. The molecule has 1 aromatic rings. The molecule has 0 bridgehead atoms. The summed E-state index contributed by atoms with van der Waals surface area (Å²) in [5.41, 5.74) is 0.536. The van der Waals surface area contributed by atoms with Crippen LogP contribution in [0.2, 0.25) is 0 Å². The molecule has 1 aromatic carbocycles. The van der Waals surface area contributed by atoms with Crippen molar-refractivity contribution in [2.75, 3.05) is 6.61 Å². The van der Waals surface area contributed by atoms with Crippen molar-refractivity contribution in [3.05, 3.63) is 29.8 Å². The Morgan fingerprint density at radius 3 is 2.12 bits per heavy atom. The van der Waals surface area contributed by atoms with Crippen molar-refractivity contribution in [2.24, 2.45) is 0 Å². The lowest BCUT2D eigenvalue weighted by atomic mass is 9.90. The van der Waals surface area contributed by atoms with Crippen molar-refractivity contribution in [1.82, 2.24) is 5.32 Å². The largest absolute Gasteiger partial charge is 0.494 e. The minimum atomic E-state index is -0.389. The Morgan fingerprint density at radius 1 is 0.938 bits per heavy atom. The van der Waals surface area contributed by atoms with E-state index < -0.39 is 0 Å². The Hall–Kier alpha value is -2.37. The van der Waals surface area contributed by atoms with E-state index in [9.17, 15) is 14.4 Å². The van der Waals surface area contributed by atoms with Gasteiger partial charge in [-0.25, -0.2) is 0 Å². The molecule has 0 saturated carbocycles. The standard InChI is InChI=1S/C26H39NO5/c1-26(2,3)32-24(29)12-10-8-6-4-5-7-9-11-19-31-21-15-13-20(14-16-21)22-17-18-23(28)27-25(22)30/h13-16,22H,4-12,17-19H2,1-3H3,(H,27,28,30). The van der Waals surface area contributed by atoms with E-state index in [0.29, 0.717) is 25.9 Å². The molecule has 0 spiro atoms. The average molecular weight is 446 g/mol. The number of ether oxygens (including phenoxy) is 2. The maximum atomic E-state index is 12.0. The Morgan fingerprint density at radius 2 is 1.53 bits per heavy atom. The SMILES string of the molecule is CC(C)(C)OC(=O)CCCCCCCCCCOc1ccc(C2CCC(=O)NC2=O)cc1. The molecule has 1 fully saturated rings. The third-order valence-electron chi connectivity index (χ3n) is 5.49. The zero-order valence-electron chi connectivity index (χ0n) is 19.9. The van der Waals surface area contributed by atoms with E-state index in [4.69, 9.17) is 9.47 Å². The maximum Gasteiger partial charge on any atom is 0.306 e. The van der Waals surface area contributed by atoms with Crippen LogP contribution in [0.4, 0.5) is 0 Å². The van der Waals surface area contributed by atoms with Crippen LogP contribution < -0.4 is 10.1 Å². The third kappa shape index (κ3) is 10.3. The predicted octanol–water partition coefficient (Wildman–Crippen LogP) is 5.44. The lowest BCUT2D eigenvalue weighted by molar-refractivity contribution is -0.155. The van der Waals surface area contributed by atoms with E-state index in [0.717, 1.165) is 37.0 Å². The molecule has 2 rings (SSSR count). The number of carbonyl (C=O) groups excluding carboxylic acids is 3. The summed E-state index contributed by atoms with van der Waals surface area (Å²) >= 11 is 0. The molecule has 1 aliphatic rings. The number of benzene rings is 1. The van der Waals surface area contributed by atoms with Gasteiger partial charge in [0.1, 0.15) is 11.4 Å². The molecule has 1 unspecified atom stereocenters. The molecule has 6 heteroatoms. The quantitative estimate of drug-likeness (QED) is 0.248. The second-order valence-electron chi connectivity index (χ2n) is 9.59. The first-order valence-corrected chi connectivity index (χ1v) is 12.0. The summed E-state index contributed by atoms with van der Waals surface area (Å²) in [4.78, 5) is 34.9. The Kier molecular flexibility index (Phi) is 10.7.